The smallest absolute Gasteiger partial charge is 0.172 e. The molecule has 112 valence electrons. The second kappa shape index (κ2) is 13.1. The summed E-state index contributed by atoms with van der Waals surface area (Å²) in [5.41, 5.74) is 2.82. The fraction of sp³-hybridized carbons (Fsp3) is 0.375. The van der Waals surface area contributed by atoms with E-state index in [0.29, 0.717) is 0 Å². The van der Waals surface area contributed by atoms with Crippen LogP contribution in [-0.2, 0) is 30.5 Å². The summed E-state index contributed by atoms with van der Waals surface area (Å²) in [6, 6.07) is 16.6. The predicted molar refractivity (Wildman–Crippen MR) is 92.0 cm³/mol. The maximum atomic E-state index is 5.64. The van der Waals surface area contributed by atoms with Gasteiger partial charge in [0.15, 0.2) is 0 Å². The summed E-state index contributed by atoms with van der Waals surface area (Å²) in [5, 5.41) is 0. The topological polar surface area (TPSA) is 0 Å². The first kappa shape index (κ1) is 20.4. The van der Waals surface area contributed by atoms with Gasteiger partial charge in [0.25, 0.3) is 0 Å². The Morgan fingerprint density at radius 1 is 0.950 bits per heavy atom. The Morgan fingerprint density at radius 3 is 1.55 bits per heavy atom. The molecule has 2 aromatic carbocycles. The summed E-state index contributed by atoms with van der Waals surface area (Å²) in [6.07, 6.45) is 2.35. The molecule has 0 radical (unpaired) electrons. The molecular weight excluding hydrogens is 470 g/mol. The minimum atomic E-state index is -1.78. The number of halogens is 2. The van der Waals surface area contributed by atoms with Gasteiger partial charge in [0.1, 0.15) is 0 Å². The fourth-order valence-corrected chi connectivity index (χ4v) is 1.51. The maximum Gasteiger partial charge on any atom is -0.172 e. The van der Waals surface area contributed by atoms with Crippen LogP contribution in [0.3, 0.4) is 0 Å². The molecule has 0 saturated carbocycles. The monoisotopic (exact) mass is 494 g/mol. The SMILES string of the molecule is CCc1c[cH-]cc1CC.C[Si](C)=[Hf]([Cl])[Cl].c1cc[cH-]c1. The first-order valence-electron chi connectivity index (χ1n) is 6.91. The van der Waals surface area contributed by atoms with E-state index in [9.17, 15) is 0 Å². The third-order valence-electron chi connectivity index (χ3n) is 2.70. The van der Waals surface area contributed by atoms with Gasteiger partial charge in [-0.15, -0.1) is 0 Å². The van der Waals surface area contributed by atoms with Crippen LogP contribution in [0, 0.1) is 0 Å². The van der Waals surface area contributed by atoms with Gasteiger partial charge in [-0.25, -0.2) is 12.1 Å². The molecule has 0 unspecified atom stereocenters. The van der Waals surface area contributed by atoms with E-state index in [4.69, 9.17) is 17.2 Å². The molecule has 20 heavy (non-hydrogen) atoms. The Morgan fingerprint density at radius 2 is 1.35 bits per heavy atom. The minimum absolute atomic E-state index is 0.208. The summed E-state index contributed by atoms with van der Waals surface area (Å²) in [4.78, 5) is 0. The molecule has 2 rings (SSSR count). The normalized spacial score (nSPS) is 8.90. The summed E-state index contributed by atoms with van der Waals surface area (Å²) in [6.45, 7) is 8.75. The predicted octanol–water partition coefficient (Wildman–Crippen LogP) is 6.10. The summed E-state index contributed by atoms with van der Waals surface area (Å²) in [7, 11) is 11.3. The Bertz CT molecular complexity index is 419. The van der Waals surface area contributed by atoms with Crippen molar-refractivity contribution in [3.8, 4) is 0 Å². The molecule has 0 spiro atoms. The van der Waals surface area contributed by atoms with Crippen molar-refractivity contribution < 1.29 is 17.7 Å². The van der Waals surface area contributed by atoms with E-state index in [1.165, 1.54) is 24.0 Å². The molecule has 0 bridgehead atoms. The van der Waals surface area contributed by atoms with Crippen molar-refractivity contribution in [2.75, 3.05) is 0 Å². The van der Waals surface area contributed by atoms with E-state index >= 15 is 0 Å². The van der Waals surface area contributed by atoms with Crippen molar-refractivity contribution in [3.05, 3.63) is 59.7 Å². The molecule has 0 amide bonds. The van der Waals surface area contributed by atoms with E-state index in [0.717, 1.165) is 0 Å². The van der Waals surface area contributed by atoms with Crippen molar-refractivity contribution >= 4 is 22.6 Å². The van der Waals surface area contributed by atoms with Gasteiger partial charge < -0.3 is 0 Å². The van der Waals surface area contributed by atoms with Crippen LogP contribution >= 0.6 is 17.2 Å². The van der Waals surface area contributed by atoms with E-state index in [1.54, 1.807) is 0 Å². The second-order valence-corrected chi connectivity index (χ2v) is 36.2. The van der Waals surface area contributed by atoms with E-state index < -0.39 is 17.7 Å². The number of aryl methyl sites for hydroxylation is 2. The third kappa shape index (κ3) is 10.1. The van der Waals surface area contributed by atoms with Crippen LogP contribution in [0.2, 0.25) is 13.1 Å². The first-order valence-corrected chi connectivity index (χ1v) is 23.7. The second-order valence-electron chi connectivity index (χ2n) is 4.51. The molecule has 0 nitrogen and oxygen atoms in total. The number of hydrogen-bond acceptors (Lipinski definition) is 0. The summed E-state index contributed by atoms with van der Waals surface area (Å²) >= 11 is -1.78. The van der Waals surface area contributed by atoms with Crippen LogP contribution in [0.4, 0.5) is 0 Å². The molecule has 0 atom stereocenters. The van der Waals surface area contributed by atoms with Gasteiger partial charge in [-0.3, -0.25) is 0 Å². The molecule has 0 aromatic heterocycles. The van der Waals surface area contributed by atoms with Gasteiger partial charge in [0.2, 0.25) is 0 Å². The molecular formula is C16H24Cl2HfSi-2. The van der Waals surface area contributed by atoms with Gasteiger partial charge in [0.05, 0.1) is 0 Å². The summed E-state index contributed by atoms with van der Waals surface area (Å²) in [5.74, 6) is 0. The zero-order valence-corrected chi connectivity index (χ0v) is 18.9. The van der Waals surface area contributed by atoms with Crippen LogP contribution in [-0.4, -0.2) is 5.49 Å². The first-order chi connectivity index (χ1) is 9.52. The average Bonchev–Trinajstić information content (AvgIpc) is 3.13. The fourth-order valence-electron chi connectivity index (χ4n) is 1.51. The molecule has 0 aliphatic rings. The Kier molecular flexibility index (Phi) is 13.3. The zero-order chi connectivity index (χ0) is 15.4. The third-order valence-corrected chi connectivity index (χ3v) is 30.2. The van der Waals surface area contributed by atoms with E-state index in [1.807, 2.05) is 30.3 Å². The van der Waals surface area contributed by atoms with Gasteiger partial charge >= 0.3 is 53.4 Å². The molecule has 0 fully saturated rings. The summed E-state index contributed by atoms with van der Waals surface area (Å²) < 4.78 is 0. The zero-order valence-electron chi connectivity index (χ0n) is 12.8. The average molecular weight is 494 g/mol. The Labute approximate surface area is 139 Å². The van der Waals surface area contributed by atoms with Crippen molar-refractivity contribution in [2.24, 2.45) is 0 Å². The minimum Gasteiger partial charge on any atom is -0.214 e. The Hall–Kier alpha value is 0.367. The van der Waals surface area contributed by atoms with E-state index in [-0.39, 0.29) is 5.49 Å². The van der Waals surface area contributed by atoms with Crippen molar-refractivity contribution in [3.63, 3.8) is 0 Å². The quantitative estimate of drug-likeness (QED) is 0.350. The van der Waals surface area contributed by atoms with Gasteiger partial charge in [-0.1, -0.05) is 26.7 Å². The van der Waals surface area contributed by atoms with Crippen LogP contribution in [0.15, 0.2) is 48.5 Å². The maximum absolute atomic E-state index is 5.64. The molecule has 0 aliphatic heterocycles. The van der Waals surface area contributed by atoms with Crippen LogP contribution in [0.1, 0.15) is 25.0 Å². The van der Waals surface area contributed by atoms with Gasteiger partial charge in [0, 0.05) is 0 Å². The van der Waals surface area contributed by atoms with Gasteiger partial charge in [-0.05, 0) is 0 Å². The van der Waals surface area contributed by atoms with Crippen LogP contribution in [0.5, 0.6) is 0 Å². The van der Waals surface area contributed by atoms with Crippen molar-refractivity contribution in [1.29, 1.82) is 0 Å². The van der Waals surface area contributed by atoms with Crippen LogP contribution in [0.25, 0.3) is 0 Å². The molecule has 0 saturated heterocycles. The largest absolute Gasteiger partial charge is 0.214 e. The Balaban J connectivity index is 0.000000287. The van der Waals surface area contributed by atoms with Gasteiger partial charge in [-0.2, -0.15) is 47.5 Å². The van der Waals surface area contributed by atoms with Crippen molar-refractivity contribution in [1.82, 2.24) is 0 Å². The molecule has 0 aliphatic carbocycles. The molecule has 4 heteroatoms. The molecule has 0 heterocycles. The molecule has 0 N–H and O–H groups in total. The van der Waals surface area contributed by atoms with Crippen molar-refractivity contribution in [2.45, 2.75) is 39.8 Å². The molecule has 2 aromatic rings. The van der Waals surface area contributed by atoms with E-state index in [2.05, 4.69) is 45.1 Å². The van der Waals surface area contributed by atoms with Crippen LogP contribution < -0.4 is 0 Å². The standard InChI is InChI=1S/C9H13.C5H5.C2H6Si.2ClH.Hf/c1-3-8-6-5-7-9(8)4-2;1-2-4-5-3-1;1-3-2;;;/h5-7H,3-4H2,1-2H3;1-5H;1-2H3;2*1H;/q2*-1;;;;+2/p-2. The number of rotatable bonds is 2. The number of hydrogen-bond donors (Lipinski definition) is 0.